The van der Waals surface area contributed by atoms with Gasteiger partial charge in [-0.15, -0.1) is 5.10 Å². The highest BCUT2D eigenvalue weighted by atomic mass is 19.1. The molecular formula is C22H23FN6O2. The number of nitrogens with zero attached hydrogens (tertiary/aromatic N) is 6. The highest BCUT2D eigenvalue weighted by Gasteiger charge is 2.21. The Morgan fingerprint density at radius 1 is 1.06 bits per heavy atom. The van der Waals surface area contributed by atoms with E-state index in [-0.39, 0.29) is 11.7 Å². The Morgan fingerprint density at radius 2 is 1.77 bits per heavy atom. The number of piperazine rings is 1. The molecule has 1 saturated heterocycles. The second kappa shape index (κ2) is 9.48. The van der Waals surface area contributed by atoms with Gasteiger partial charge < -0.3 is 9.64 Å². The number of hydrogen-bond donors (Lipinski definition) is 0. The lowest BCUT2D eigenvalue weighted by molar-refractivity contribution is -0.127. The SMILES string of the molecule is COc1ccc(/C=C\C(=O)N2CCN(Cc3nnnn3-c3ccc(F)cc3)CC2)cc1. The van der Waals surface area contributed by atoms with Gasteiger partial charge >= 0.3 is 0 Å². The lowest BCUT2D eigenvalue weighted by atomic mass is 10.2. The first-order valence-corrected chi connectivity index (χ1v) is 9.99. The first-order chi connectivity index (χ1) is 15.1. The van der Waals surface area contributed by atoms with Gasteiger partial charge in [0.25, 0.3) is 0 Å². The van der Waals surface area contributed by atoms with Crippen molar-refractivity contribution in [2.24, 2.45) is 0 Å². The van der Waals surface area contributed by atoms with E-state index in [2.05, 4.69) is 20.4 Å². The summed E-state index contributed by atoms with van der Waals surface area (Å²) in [5, 5.41) is 11.9. The molecule has 0 aliphatic carbocycles. The van der Waals surface area contributed by atoms with Crippen molar-refractivity contribution >= 4 is 12.0 Å². The molecule has 1 aromatic heterocycles. The van der Waals surface area contributed by atoms with Crippen LogP contribution in [0.25, 0.3) is 11.8 Å². The summed E-state index contributed by atoms with van der Waals surface area (Å²) in [6.45, 7) is 3.25. The van der Waals surface area contributed by atoms with Crippen LogP contribution in [0.1, 0.15) is 11.4 Å². The molecule has 0 unspecified atom stereocenters. The second-order valence-electron chi connectivity index (χ2n) is 7.19. The molecule has 2 aromatic carbocycles. The van der Waals surface area contributed by atoms with Crippen LogP contribution in [-0.4, -0.2) is 69.2 Å². The van der Waals surface area contributed by atoms with Gasteiger partial charge in [0.1, 0.15) is 11.6 Å². The van der Waals surface area contributed by atoms with Gasteiger partial charge in [0.05, 0.1) is 19.3 Å². The van der Waals surface area contributed by atoms with Gasteiger partial charge in [-0.1, -0.05) is 12.1 Å². The van der Waals surface area contributed by atoms with E-state index in [0.717, 1.165) is 24.4 Å². The monoisotopic (exact) mass is 422 g/mol. The Kier molecular flexibility index (Phi) is 6.32. The van der Waals surface area contributed by atoms with Crippen molar-refractivity contribution in [3.05, 3.63) is 71.8 Å². The van der Waals surface area contributed by atoms with E-state index < -0.39 is 0 Å². The molecule has 8 nitrogen and oxygen atoms in total. The van der Waals surface area contributed by atoms with Crippen LogP contribution in [0.5, 0.6) is 5.75 Å². The molecule has 9 heteroatoms. The zero-order valence-electron chi connectivity index (χ0n) is 17.2. The molecule has 1 aliphatic heterocycles. The third-order valence-electron chi connectivity index (χ3n) is 5.19. The number of aromatic nitrogens is 4. The molecule has 0 saturated carbocycles. The molecule has 1 fully saturated rings. The summed E-state index contributed by atoms with van der Waals surface area (Å²) < 4.78 is 19.9. The van der Waals surface area contributed by atoms with Crippen LogP contribution in [0, 0.1) is 5.82 Å². The molecule has 31 heavy (non-hydrogen) atoms. The molecule has 160 valence electrons. The smallest absolute Gasteiger partial charge is 0.246 e. The molecule has 0 N–H and O–H groups in total. The van der Waals surface area contributed by atoms with Crippen molar-refractivity contribution in [2.45, 2.75) is 6.54 Å². The lowest BCUT2D eigenvalue weighted by Crippen LogP contribution is -2.48. The van der Waals surface area contributed by atoms with Crippen molar-refractivity contribution in [3.8, 4) is 11.4 Å². The van der Waals surface area contributed by atoms with Crippen LogP contribution >= 0.6 is 0 Å². The maximum Gasteiger partial charge on any atom is 0.246 e. The number of halogens is 1. The fourth-order valence-electron chi connectivity index (χ4n) is 3.40. The Morgan fingerprint density at radius 3 is 2.45 bits per heavy atom. The number of carbonyl (C=O) groups is 1. The molecule has 4 rings (SSSR count). The van der Waals surface area contributed by atoms with E-state index in [1.165, 1.54) is 12.1 Å². The Labute approximate surface area is 179 Å². The predicted octanol–water partition coefficient (Wildman–Crippen LogP) is 2.17. The summed E-state index contributed by atoms with van der Waals surface area (Å²) in [5.74, 6) is 1.14. The Hall–Kier alpha value is -3.59. The largest absolute Gasteiger partial charge is 0.497 e. The number of carbonyl (C=O) groups excluding carboxylic acids is 1. The number of benzene rings is 2. The Bertz CT molecular complexity index is 1040. The van der Waals surface area contributed by atoms with Crippen molar-refractivity contribution in [1.82, 2.24) is 30.0 Å². The minimum absolute atomic E-state index is 0.00777. The quantitative estimate of drug-likeness (QED) is 0.567. The summed E-state index contributed by atoms with van der Waals surface area (Å²) >= 11 is 0. The van der Waals surface area contributed by atoms with Gasteiger partial charge in [0, 0.05) is 32.3 Å². The molecule has 0 spiro atoms. The van der Waals surface area contributed by atoms with Crippen molar-refractivity contribution in [1.29, 1.82) is 0 Å². The number of tetrazole rings is 1. The molecule has 0 atom stereocenters. The van der Waals surface area contributed by atoms with Gasteiger partial charge in [0.15, 0.2) is 5.82 Å². The predicted molar refractivity (Wildman–Crippen MR) is 113 cm³/mol. The normalized spacial score (nSPS) is 14.8. The third-order valence-corrected chi connectivity index (χ3v) is 5.19. The first-order valence-electron chi connectivity index (χ1n) is 9.99. The number of amides is 1. The second-order valence-corrected chi connectivity index (χ2v) is 7.19. The molecule has 1 aliphatic rings. The summed E-state index contributed by atoms with van der Waals surface area (Å²) in [4.78, 5) is 16.5. The van der Waals surface area contributed by atoms with Gasteiger partial charge in [-0.3, -0.25) is 9.69 Å². The minimum Gasteiger partial charge on any atom is -0.497 e. The summed E-state index contributed by atoms with van der Waals surface area (Å²) in [6.07, 6.45) is 3.41. The Balaban J connectivity index is 1.31. The van der Waals surface area contributed by atoms with E-state index >= 15 is 0 Å². The van der Waals surface area contributed by atoms with Crippen LogP contribution < -0.4 is 4.74 Å². The van der Waals surface area contributed by atoms with Crippen molar-refractivity contribution in [2.75, 3.05) is 33.3 Å². The van der Waals surface area contributed by atoms with E-state index in [0.29, 0.717) is 31.1 Å². The number of hydrogen-bond acceptors (Lipinski definition) is 6. The topological polar surface area (TPSA) is 76.4 Å². The molecule has 1 amide bonds. The first kappa shape index (κ1) is 20.7. The number of methoxy groups -OCH3 is 1. The molecule has 3 aromatic rings. The third kappa shape index (κ3) is 5.13. The van der Waals surface area contributed by atoms with Crippen LogP contribution in [0.15, 0.2) is 54.6 Å². The van der Waals surface area contributed by atoms with Crippen LogP contribution in [0.4, 0.5) is 4.39 Å². The average Bonchev–Trinajstić information content (AvgIpc) is 3.27. The fourth-order valence-corrected chi connectivity index (χ4v) is 3.40. The maximum atomic E-state index is 13.2. The highest BCUT2D eigenvalue weighted by molar-refractivity contribution is 5.91. The molecular weight excluding hydrogens is 399 g/mol. The zero-order chi connectivity index (χ0) is 21.6. The highest BCUT2D eigenvalue weighted by Crippen LogP contribution is 2.14. The minimum atomic E-state index is -0.305. The zero-order valence-corrected chi connectivity index (χ0v) is 17.2. The molecule has 2 heterocycles. The molecule has 0 bridgehead atoms. The van der Waals surface area contributed by atoms with Gasteiger partial charge in [0.2, 0.25) is 5.91 Å². The van der Waals surface area contributed by atoms with Gasteiger partial charge in [-0.2, -0.15) is 4.68 Å². The van der Waals surface area contributed by atoms with Crippen LogP contribution in [-0.2, 0) is 11.3 Å². The van der Waals surface area contributed by atoms with E-state index in [1.54, 1.807) is 30.0 Å². The van der Waals surface area contributed by atoms with Gasteiger partial charge in [-0.25, -0.2) is 4.39 Å². The van der Waals surface area contributed by atoms with E-state index in [9.17, 15) is 9.18 Å². The average molecular weight is 422 g/mol. The summed E-state index contributed by atoms with van der Waals surface area (Å²) in [5.41, 5.74) is 1.65. The number of ether oxygens (including phenoxy) is 1. The maximum absolute atomic E-state index is 13.2. The van der Waals surface area contributed by atoms with Crippen molar-refractivity contribution < 1.29 is 13.9 Å². The van der Waals surface area contributed by atoms with Crippen molar-refractivity contribution in [3.63, 3.8) is 0 Å². The number of rotatable bonds is 6. The van der Waals surface area contributed by atoms with Crippen LogP contribution in [0.2, 0.25) is 0 Å². The fraction of sp³-hybridized carbons (Fsp3) is 0.273. The lowest BCUT2D eigenvalue weighted by Gasteiger charge is -2.33. The summed E-state index contributed by atoms with van der Waals surface area (Å²) in [6, 6.07) is 13.6. The molecule has 0 radical (unpaired) electrons. The standard InChI is InChI=1S/C22H23FN6O2/c1-31-20-9-2-17(3-10-20)4-11-22(30)28-14-12-27(13-15-28)16-21-24-25-26-29(21)19-7-5-18(23)6-8-19/h2-11H,12-16H2,1H3/b11-4-. The van der Waals surface area contributed by atoms with Crippen LogP contribution in [0.3, 0.4) is 0 Å². The van der Waals surface area contributed by atoms with Gasteiger partial charge in [-0.05, 0) is 58.5 Å². The van der Waals surface area contributed by atoms with E-state index in [1.807, 2.05) is 35.2 Å². The summed E-state index contributed by atoms with van der Waals surface area (Å²) in [7, 11) is 1.62. The van der Waals surface area contributed by atoms with E-state index in [4.69, 9.17) is 4.74 Å².